The Morgan fingerprint density at radius 2 is 1.97 bits per heavy atom. The summed E-state index contributed by atoms with van der Waals surface area (Å²) in [5.41, 5.74) is 9.33. The maximum absolute atomic E-state index is 9.92. The van der Waals surface area contributed by atoms with Crippen molar-refractivity contribution in [3.8, 4) is 28.6 Å². The van der Waals surface area contributed by atoms with Gasteiger partial charge in [-0.15, -0.1) is 0 Å². The maximum atomic E-state index is 9.92. The predicted molar refractivity (Wildman–Crippen MR) is 119 cm³/mol. The van der Waals surface area contributed by atoms with Crippen LogP contribution in [0.3, 0.4) is 0 Å². The van der Waals surface area contributed by atoms with Crippen LogP contribution in [-0.4, -0.2) is 35.3 Å². The minimum absolute atomic E-state index is 0.215. The zero-order valence-electron chi connectivity index (χ0n) is 16.7. The normalized spacial score (nSPS) is 10.8. The molecule has 7 nitrogen and oxygen atoms in total. The minimum atomic E-state index is 0.215. The summed E-state index contributed by atoms with van der Waals surface area (Å²) in [7, 11) is 1.94. The van der Waals surface area contributed by atoms with Crippen LogP contribution in [0.1, 0.15) is 31.2 Å². The van der Waals surface area contributed by atoms with Crippen LogP contribution in [0.25, 0.3) is 22.5 Å². The summed E-state index contributed by atoms with van der Waals surface area (Å²) >= 11 is 3.45. The Balaban J connectivity index is 2.06. The first kappa shape index (κ1) is 21.1. The topological polar surface area (TPSA) is 106 Å². The molecule has 0 aliphatic rings. The van der Waals surface area contributed by atoms with E-state index in [1.165, 1.54) is 12.8 Å². The van der Waals surface area contributed by atoms with Crippen molar-refractivity contribution in [3.63, 3.8) is 0 Å². The fourth-order valence-electron chi connectivity index (χ4n) is 2.71. The molecule has 0 saturated carbocycles. The van der Waals surface area contributed by atoms with Crippen molar-refractivity contribution < 1.29 is 0 Å². The van der Waals surface area contributed by atoms with Gasteiger partial charge in [-0.1, -0.05) is 25.1 Å². The third-order valence-corrected chi connectivity index (χ3v) is 6.77. The van der Waals surface area contributed by atoms with Crippen LogP contribution in [0.15, 0.2) is 29.7 Å². The summed E-state index contributed by atoms with van der Waals surface area (Å²) in [6.45, 7) is 4.12. The number of nitrogens with two attached hydrogens (primary N) is 1. The van der Waals surface area contributed by atoms with E-state index in [0.29, 0.717) is 16.3 Å². The number of imidazole rings is 1. The number of nitriles is 1. The van der Waals surface area contributed by atoms with Gasteiger partial charge in [0.15, 0.2) is 0 Å². The third-order valence-electron chi connectivity index (χ3n) is 4.48. The number of nitrogen functional groups attached to an aromatic ring is 1. The first-order valence-electron chi connectivity index (χ1n) is 9.27. The van der Waals surface area contributed by atoms with Crippen LogP contribution in [0, 0.1) is 18.3 Å². The summed E-state index contributed by atoms with van der Waals surface area (Å²) in [6, 6.07) is 4.26. The fraction of sp³-hybridized carbons (Fsp3) is 0.350. The number of nitrogens with zero attached hydrogens (tertiary/aromatic N) is 6. The molecule has 0 aromatic carbocycles. The number of unbranched alkanes of at least 4 members (excludes halogenated alkanes) is 1. The highest BCUT2D eigenvalue weighted by molar-refractivity contribution is 8.15. The number of rotatable bonds is 8. The molecule has 0 amide bonds. The van der Waals surface area contributed by atoms with Gasteiger partial charge in [-0.05, 0) is 25.2 Å². The average Bonchev–Trinajstić information content (AvgIpc) is 3.06. The molecule has 0 aliphatic heterocycles. The van der Waals surface area contributed by atoms with Crippen molar-refractivity contribution in [1.82, 2.24) is 24.5 Å². The lowest BCUT2D eigenvalue weighted by Crippen LogP contribution is -2.01. The molecule has 3 rings (SSSR count). The van der Waals surface area contributed by atoms with Gasteiger partial charge in [-0.3, -0.25) is 0 Å². The molecule has 0 spiro atoms. The molecule has 3 aromatic rings. The zero-order valence-corrected chi connectivity index (χ0v) is 18.3. The molecule has 2 N–H and O–H groups in total. The fourth-order valence-corrected chi connectivity index (χ4v) is 4.92. The van der Waals surface area contributed by atoms with Crippen molar-refractivity contribution >= 4 is 29.5 Å². The molecular formula is C20H23N7S2. The maximum Gasteiger partial charge on any atom is 0.219 e. The lowest BCUT2D eigenvalue weighted by molar-refractivity contribution is 0.863. The van der Waals surface area contributed by atoms with Crippen LogP contribution in [0.2, 0.25) is 0 Å². The van der Waals surface area contributed by atoms with Crippen LogP contribution in [0.4, 0.5) is 5.95 Å². The Labute approximate surface area is 179 Å². The van der Waals surface area contributed by atoms with E-state index in [2.05, 4.69) is 27.9 Å². The van der Waals surface area contributed by atoms with Crippen LogP contribution in [0.5, 0.6) is 0 Å². The predicted octanol–water partition coefficient (Wildman–Crippen LogP) is 4.28. The number of aryl methyl sites for hydroxylation is 1. The van der Waals surface area contributed by atoms with Crippen LogP contribution in [-0.2, 0) is 7.05 Å². The average molecular weight is 426 g/mol. The van der Waals surface area contributed by atoms with Crippen molar-refractivity contribution in [2.75, 3.05) is 16.6 Å². The summed E-state index contributed by atoms with van der Waals surface area (Å²) in [5.74, 6) is 2.19. The Bertz CT molecular complexity index is 1020. The standard InChI is InChI=1S/C20H23N7S2/c1-4-5-6-28-12-29-19-16(8-21)15(18-11-23-13(2)27(18)3)7-17(26-19)14-9-24-20(22)25-10-14/h7,9-11H,4-6,12H2,1-3H3,(H2,22,24,25). The van der Waals surface area contributed by atoms with Crippen molar-refractivity contribution in [2.45, 2.75) is 31.7 Å². The monoisotopic (exact) mass is 425 g/mol. The molecule has 0 aliphatic carbocycles. The molecule has 0 bridgehead atoms. The number of hydrogen-bond acceptors (Lipinski definition) is 8. The van der Waals surface area contributed by atoms with E-state index in [-0.39, 0.29) is 5.95 Å². The van der Waals surface area contributed by atoms with Crippen LogP contribution >= 0.6 is 23.5 Å². The van der Waals surface area contributed by atoms with E-state index in [1.54, 1.807) is 30.4 Å². The molecule has 0 fully saturated rings. The zero-order chi connectivity index (χ0) is 20.8. The minimum Gasteiger partial charge on any atom is -0.368 e. The van der Waals surface area contributed by atoms with E-state index in [4.69, 9.17) is 10.7 Å². The van der Waals surface area contributed by atoms with Gasteiger partial charge in [0.2, 0.25) is 5.95 Å². The Kier molecular flexibility index (Phi) is 7.12. The second kappa shape index (κ2) is 9.76. The number of thioether (sulfide) groups is 2. The van der Waals surface area contributed by atoms with Gasteiger partial charge in [0.05, 0.1) is 23.1 Å². The lowest BCUT2D eigenvalue weighted by Gasteiger charge is -2.13. The molecule has 150 valence electrons. The lowest BCUT2D eigenvalue weighted by atomic mass is 10.0. The first-order valence-corrected chi connectivity index (χ1v) is 11.4. The highest BCUT2D eigenvalue weighted by atomic mass is 32.2. The van der Waals surface area contributed by atoms with Crippen molar-refractivity contribution in [2.24, 2.45) is 7.05 Å². The van der Waals surface area contributed by atoms with E-state index in [1.807, 2.05) is 36.4 Å². The quantitative estimate of drug-likeness (QED) is 0.324. The Morgan fingerprint density at radius 3 is 2.59 bits per heavy atom. The highest BCUT2D eigenvalue weighted by Crippen LogP contribution is 2.35. The van der Waals surface area contributed by atoms with Gasteiger partial charge in [-0.2, -0.15) is 17.0 Å². The molecule has 29 heavy (non-hydrogen) atoms. The van der Waals surface area contributed by atoms with E-state index in [0.717, 1.165) is 33.5 Å². The van der Waals surface area contributed by atoms with Gasteiger partial charge in [0.25, 0.3) is 0 Å². The molecular weight excluding hydrogens is 402 g/mol. The Morgan fingerprint density at radius 1 is 1.21 bits per heavy atom. The van der Waals surface area contributed by atoms with Gasteiger partial charge in [-0.25, -0.2) is 19.9 Å². The van der Waals surface area contributed by atoms with E-state index in [9.17, 15) is 5.26 Å². The van der Waals surface area contributed by atoms with Gasteiger partial charge < -0.3 is 10.3 Å². The number of aromatic nitrogens is 5. The van der Waals surface area contributed by atoms with Gasteiger partial charge in [0.1, 0.15) is 16.9 Å². The molecule has 3 heterocycles. The third kappa shape index (κ3) is 4.89. The van der Waals surface area contributed by atoms with E-state index < -0.39 is 0 Å². The number of pyridine rings is 1. The summed E-state index contributed by atoms with van der Waals surface area (Å²) in [4.78, 5) is 17.3. The molecule has 0 saturated heterocycles. The largest absolute Gasteiger partial charge is 0.368 e. The smallest absolute Gasteiger partial charge is 0.219 e. The van der Waals surface area contributed by atoms with Crippen molar-refractivity contribution in [3.05, 3.63) is 36.0 Å². The SMILES string of the molecule is CCCCSCSc1nc(-c2cnc(N)nc2)cc(-c2cnc(C)n2C)c1C#N. The molecule has 3 aromatic heterocycles. The summed E-state index contributed by atoms with van der Waals surface area (Å²) in [5, 5.41) is 11.5. The highest BCUT2D eigenvalue weighted by Gasteiger charge is 2.18. The molecule has 9 heteroatoms. The van der Waals surface area contributed by atoms with Gasteiger partial charge >= 0.3 is 0 Å². The first-order chi connectivity index (χ1) is 14.0. The van der Waals surface area contributed by atoms with Crippen molar-refractivity contribution in [1.29, 1.82) is 5.26 Å². The molecule has 0 atom stereocenters. The number of hydrogen-bond donors (Lipinski definition) is 1. The summed E-state index contributed by atoms with van der Waals surface area (Å²) < 4.78 is 1.98. The van der Waals surface area contributed by atoms with Crippen LogP contribution < -0.4 is 5.73 Å². The second-order valence-corrected chi connectivity index (χ2v) is 8.89. The summed E-state index contributed by atoms with van der Waals surface area (Å²) in [6.07, 6.45) is 7.46. The van der Waals surface area contributed by atoms with E-state index >= 15 is 0 Å². The van der Waals surface area contributed by atoms with Gasteiger partial charge in [0, 0.05) is 35.7 Å². The number of anilines is 1. The second-order valence-electron chi connectivity index (χ2n) is 6.45. The molecule has 0 radical (unpaired) electrons. The molecule has 0 unspecified atom stereocenters. The Hall–Kier alpha value is -2.57.